The van der Waals surface area contributed by atoms with Crippen molar-refractivity contribution in [2.75, 3.05) is 0 Å². The first-order valence-corrected chi connectivity index (χ1v) is 2.52. The summed E-state index contributed by atoms with van der Waals surface area (Å²) in [4.78, 5) is 0. The summed E-state index contributed by atoms with van der Waals surface area (Å²) in [7, 11) is 0. The van der Waals surface area contributed by atoms with Crippen LogP contribution in [0, 0.1) is 0 Å². The van der Waals surface area contributed by atoms with Gasteiger partial charge in [0.2, 0.25) is 0 Å². The monoisotopic (exact) mass is 294 g/mol. The molecule has 0 saturated heterocycles. The Hall–Kier alpha value is 3.29. The van der Waals surface area contributed by atoms with Gasteiger partial charge in [0.1, 0.15) is 0 Å². The summed E-state index contributed by atoms with van der Waals surface area (Å²) in [6.07, 6.45) is 0. The maximum atomic E-state index is 8.58. The Morgan fingerprint density at radius 3 is 0.667 bits per heavy atom. The third kappa shape index (κ3) is 186. The first-order valence-electron chi connectivity index (χ1n) is 0.612. The molecule has 0 aromatic rings. The molecule has 0 rings (SSSR count). The Kier molecular flexibility index (Phi) is 420. The Morgan fingerprint density at radius 2 is 0.667 bits per heavy atom. The van der Waals surface area contributed by atoms with E-state index in [1.807, 2.05) is 0 Å². The molecular weight excluding hydrogens is 288 g/mol. The molecule has 0 amide bonds. The third-order valence-corrected chi connectivity index (χ3v) is 0. The molecule has 3 nitrogen and oxygen atoms in total. The fourth-order valence-electron chi connectivity index (χ4n) is 0. The summed E-state index contributed by atoms with van der Waals surface area (Å²) in [6, 6.07) is 0. The molecule has 0 aromatic heterocycles. The van der Waals surface area contributed by atoms with Crippen molar-refractivity contribution in [1.82, 2.24) is 0 Å². The normalized spacial score (nSPS) is 2.17. The molecule has 72 valence electrons. The van der Waals surface area contributed by atoms with E-state index in [1.165, 1.54) is 0 Å². The fourth-order valence-corrected chi connectivity index (χ4v) is 0. The molecule has 12 heteroatoms. The van der Waals surface area contributed by atoms with Crippen molar-refractivity contribution < 1.29 is 160 Å². The molecule has 0 fully saturated rings. The van der Waals surface area contributed by atoms with Crippen molar-refractivity contribution in [3.05, 3.63) is 0 Å². The molecule has 0 unspecified atom stereocenters. The van der Waals surface area contributed by atoms with E-state index in [4.69, 9.17) is 10.7 Å². The fraction of sp³-hybridized carbons (Fsp3) is 0. The summed E-state index contributed by atoms with van der Waals surface area (Å²) >= 11 is -4.08. The first-order chi connectivity index (χ1) is 1.73. The van der Waals surface area contributed by atoms with Gasteiger partial charge in [0, 0.05) is 0 Å². The standard InChI is InChI=1S/6FH.2K.3O.Ti/h6*1H;;;;;;/q;;;;;;2*+1;;2*-1;. The zero-order valence-electron chi connectivity index (χ0n) is 6.17. The average Bonchev–Trinajstić information content (AvgIpc) is 0.811. The predicted molar refractivity (Wildman–Crippen MR) is 15.7 cm³/mol. The summed E-state index contributed by atoms with van der Waals surface area (Å²) in [5.41, 5.74) is 0. The molecule has 0 N–H and O–H groups in total. The molecule has 0 atom stereocenters. The topological polar surface area (TPSA) is 63.2 Å². The van der Waals surface area contributed by atoms with Gasteiger partial charge in [0.25, 0.3) is 0 Å². The van der Waals surface area contributed by atoms with E-state index in [0.29, 0.717) is 0 Å². The number of rotatable bonds is 0. The molecule has 0 spiro atoms. The van der Waals surface area contributed by atoms with E-state index >= 15 is 0 Å². The van der Waals surface area contributed by atoms with Crippen LogP contribution in [-0.2, 0) is 21.9 Å². The van der Waals surface area contributed by atoms with Crippen LogP contribution in [0.2, 0.25) is 0 Å². The molecule has 0 aromatic carbocycles. The third-order valence-electron chi connectivity index (χ3n) is 0. The second kappa shape index (κ2) is 63.8. The van der Waals surface area contributed by atoms with Crippen LogP contribution in [0.15, 0.2) is 0 Å². The summed E-state index contributed by atoms with van der Waals surface area (Å²) in [6.45, 7) is 0. The maximum absolute atomic E-state index is 8.58. The number of hydrogen-bond acceptors (Lipinski definition) is 3. The first kappa shape index (κ1) is 78.9. The summed E-state index contributed by atoms with van der Waals surface area (Å²) in [5.74, 6) is 0. The van der Waals surface area contributed by atoms with E-state index < -0.39 is 18.6 Å². The molecule has 0 bridgehead atoms. The van der Waals surface area contributed by atoms with E-state index in [9.17, 15) is 0 Å². The van der Waals surface area contributed by atoms with Gasteiger partial charge in [-0.2, -0.15) is 0 Å². The molecule has 0 aliphatic carbocycles. The van der Waals surface area contributed by atoms with Crippen molar-refractivity contribution in [3.8, 4) is 0 Å². The summed E-state index contributed by atoms with van der Waals surface area (Å²) in [5, 5.41) is 0. The zero-order chi connectivity index (χ0) is 3.58. The minimum atomic E-state index is -4.08. The number of halogens is 6. The zero-order valence-corrected chi connectivity index (χ0v) is 14.0. The van der Waals surface area contributed by atoms with Crippen molar-refractivity contribution >= 4 is 0 Å². The van der Waals surface area contributed by atoms with Crippen molar-refractivity contribution in [2.24, 2.45) is 0 Å². The van der Waals surface area contributed by atoms with Crippen LogP contribution in [0.5, 0.6) is 0 Å². The Balaban J connectivity index is -0.00000000161. The Bertz CT molecular complexity index is 43.8. The molecule has 0 saturated carbocycles. The average molecular weight is 294 g/mol. The van der Waals surface area contributed by atoms with Crippen LogP contribution in [0.3, 0.4) is 0 Å². The molecule has 0 heterocycles. The second-order valence-corrected chi connectivity index (χ2v) is 1.03. The van der Waals surface area contributed by atoms with E-state index in [2.05, 4.69) is 0 Å². The predicted octanol–water partition coefficient (Wildman–Crippen LogP) is -7.58. The van der Waals surface area contributed by atoms with Crippen LogP contribution in [-0.4, -0.2) is 0 Å². The molecular formula is H6F6K2O3Ti. The number of hydrogen-bond donors (Lipinski definition) is 0. The van der Waals surface area contributed by atoms with Crippen LogP contribution in [0.25, 0.3) is 0 Å². The molecule has 0 aliphatic rings. The molecule has 0 aliphatic heterocycles. The van der Waals surface area contributed by atoms with Crippen LogP contribution >= 0.6 is 0 Å². The van der Waals surface area contributed by atoms with Gasteiger partial charge in [0.15, 0.2) is 0 Å². The van der Waals surface area contributed by atoms with Gasteiger partial charge >= 0.3 is 132 Å². The van der Waals surface area contributed by atoms with Gasteiger partial charge in [0.05, 0.1) is 0 Å². The van der Waals surface area contributed by atoms with Gasteiger partial charge in [-0.15, -0.1) is 0 Å². The van der Waals surface area contributed by atoms with Gasteiger partial charge in [-0.3, -0.25) is 28.2 Å². The Morgan fingerprint density at radius 1 is 0.667 bits per heavy atom. The minimum absolute atomic E-state index is 0. The van der Waals surface area contributed by atoms with Gasteiger partial charge in [-0.05, 0) is 0 Å². The SMILES string of the molecule is F.F.F.F.F.F.[K+].[K+].[O]=[Ti]([O-])[O-]. The van der Waals surface area contributed by atoms with Crippen molar-refractivity contribution in [3.63, 3.8) is 0 Å². The van der Waals surface area contributed by atoms with Crippen molar-refractivity contribution in [1.29, 1.82) is 0 Å². The van der Waals surface area contributed by atoms with Gasteiger partial charge in [-0.1, -0.05) is 0 Å². The van der Waals surface area contributed by atoms with Gasteiger partial charge < -0.3 is 0 Å². The Labute approximate surface area is 156 Å². The van der Waals surface area contributed by atoms with Crippen LogP contribution in [0.1, 0.15) is 0 Å². The quantitative estimate of drug-likeness (QED) is 0.329. The van der Waals surface area contributed by atoms with Crippen LogP contribution < -0.4 is 110 Å². The molecule has 0 radical (unpaired) electrons. The van der Waals surface area contributed by atoms with Gasteiger partial charge in [-0.25, -0.2) is 0 Å². The second-order valence-electron chi connectivity index (χ2n) is 0.250. The van der Waals surface area contributed by atoms with Crippen molar-refractivity contribution in [2.45, 2.75) is 0 Å². The van der Waals surface area contributed by atoms with E-state index in [0.717, 1.165) is 0 Å². The van der Waals surface area contributed by atoms with E-state index in [1.54, 1.807) is 0 Å². The molecule has 12 heavy (non-hydrogen) atoms. The van der Waals surface area contributed by atoms with Crippen LogP contribution in [0.4, 0.5) is 28.2 Å². The van der Waals surface area contributed by atoms with E-state index in [-0.39, 0.29) is 131 Å². The summed E-state index contributed by atoms with van der Waals surface area (Å²) < 4.78 is 25.8.